The molecule has 1 aliphatic carbocycles. The Hall–Kier alpha value is -3.21. The van der Waals surface area contributed by atoms with Gasteiger partial charge in [0.05, 0.1) is 17.8 Å². The number of amides is 2. The highest BCUT2D eigenvalue weighted by molar-refractivity contribution is 5.92. The highest BCUT2D eigenvalue weighted by Crippen LogP contribution is 2.48. The number of urea groups is 1. The number of carbonyl (C=O) groups excluding carboxylic acids is 1. The third kappa shape index (κ3) is 4.84. The normalized spacial score (nSPS) is 19.0. The topological polar surface area (TPSA) is 77.2 Å². The Bertz CT molecular complexity index is 1190. The van der Waals surface area contributed by atoms with Crippen molar-refractivity contribution in [1.82, 2.24) is 15.6 Å². The second-order valence-electron chi connectivity index (χ2n) is 8.40. The zero-order valence-electron chi connectivity index (χ0n) is 17.6. The van der Waals surface area contributed by atoms with E-state index in [0.717, 1.165) is 6.07 Å². The molecule has 34 heavy (non-hydrogen) atoms. The minimum Gasteiger partial charge on any atom is -0.394 e. The van der Waals surface area contributed by atoms with Crippen LogP contribution >= 0.6 is 0 Å². The fourth-order valence-electron chi connectivity index (χ4n) is 4.32. The Balaban J connectivity index is 1.49. The molecule has 1 fully saturated rings. The summed E-state index contributed by atoms with van der Waals surface area (Å²) >= 11 is 0. The van der Waals surface area contributed by atoms with Gasteiger partial charge >= 0.3 is 12.2 Å². The summed E-state index contributed by atoms with van der Waals surface area (Å²) in [6.07, 6.45) is -3.74. The molecule has 0 spiro atoms. The van der Waals surface area contributed by atoms with Crippen molar-refractivity contribution >= 4 is 16.9 Å². The number of alkyl halides is 3. The lowest BCUT2D eigenvalue weighted by atomic mass is 9.70. The van der Waals surface area contributed by atoms with Crippen LogP contribution in [-0.4, -0.2) is 41.5 Å². The van der Waals surface area contributed by atoms with Gasteiger partial charge in [0.2, 0.25) is 0 Å². The van der Waals surface area contributed by atoms with E-state index in [1.165, 1.54) is 30.3 Å². The first kappa shape index (κ1) is 23.9. The number of aromatic nitrogens is 1. The molecular weight excluding hydrogens is 464 g/mol. The van der Waals surface area contributed by atoms with Crippen LogP contribution < -0.4 is 10.6 Å². The van der Waals surface area contributed by atoms with E-state index in [4.69, 9.17) is 5.11 Å². The molecule has 4 N–H and O–H groups in total. The molecule has 0 aliphatic heterocycles. The molecular formula is C23H21F6N3O2. The van der Waals surface area contributed by atoms with Gasteiger partial charge in [0.15, 0.2) is 0 Å². The molecule has 0 radical (unpaired) electrons. The zero-order chi connectivity index (χ0) is 24.6. The average Bonchev–Trinajstić information content (AvgIpc) is 3.10. The van der Waals surface area contributed by atoms with E-state index in [0.29, 0.717) is 35.0 Å². The van der Waals surface area contributed by atoms with Crippen molar-refractivity contribution in [2.24, 2.45) is 5.92 Å². The number of aliphatic hydroxyl groups excluding tert-OH is 1. The van der Waals surface area contributed by atoms with E-state index in [1.807, 2.05) is 0 Å². The summed E-state index contributed by atoms with van der Waals surface area (Å²) in [6.45, 7) is -1.18. The maximum absolute atomic E-state index is 14.4. The van der Waals surface area contributed by atoms with Crippen molar-refractivity contribution in [2.45, 2.75) is 31.0 Å². The highest BCUT2D eigenvalue weighted by atomic mass is 19.4. The van der Waals surface area contributed by atoms with Crippen molar-refractivity contribution in [3.8, 4) is 11.3 Å². The fourth-order valence-corrected chi connectivity index (χ4v) is 4.32. The molecule has 2 amide bonds. The molecule has 0 bridgehead atoms. The summed E-state index contributed by atoms with van der Waals surface area (Å²) in [4.78, 5) is 14.8. The molecule has 11 heteroatoms. The van der Waals surface area contributed by atoms with Crippen LogP contribution in [0.2, 0.25) is 0 Å². The van der Waals surface area contributed by atoms with Crippen LogP contribution in [0.15, 0.2) is 36.4 Å². The maximum Gasteiger partial charge on any atom is 0.410 e. The van der Waals surface area contributed by atoms with Gasteiger partial charge in [0.25, 0.3) is 0 Å². The van der Waals surface area contributed by atoms with Gasteiger partial charge in [0, 0.05) is 18.0 Å². The molecule has 5 nitrogen and oxygen atoms in total. The molecule has 0 saturated heterocycles. The minimum atomic E-state index is -4.77. The zero-order valence-corrected chi connectivity index (χ0v) is 17.6. The molecule has 1 heterocycles. The Morgan fingerprint density at radius 3 is 2.38 bits per heavy atom. The van der Waals surface area contributed by atoms with Crippen LogP contribution in [0.3, 0.4) is 0 Å². The van der Waals surface area contributed by atoms with E-state index in [2.05, 4.69) is 10.3 Å². The molecule has 1 atom stereocenters. The van der Waals surface area contributed by atoms with Gasteiger partial charge in [0.1, 0.15) is 23.5 Å². The molecule has 2 aromatic carbocycles. The Morgan fingerprint density at radius 1 is 1.09 bits per heavy atom. The Morgan fingerprint density at radius 2 is 1.76 bits per heavy atom. The number of hydrogen-bond acceptors (Lipinski definition) is 2. The number of hydrogen-bond donors (Lipinski definition) is 4. The summed E-state index contributed by atoms with van der Waals surface area (Å²) in [5.41, 5.74) is 1.91. The summed E-state index contributed by atoms with van der Waals surface area (Å²) in [7, 11) is 0. The van der Waals surface area contributed by atoms with Crippen molar-refractivity contribution < 1.29 is 36.2 Å². The molecule has 1 aromatic heterocycles. The second-order valence-corrected chi connectivity index (χ2v) is 8.40. The summed E-state index contributed by atoms with van der Waals surface area (Å²) in [6, 6.07) is 4.14. The van der Waals surface area contributed by atoms with E-state index in [1.54, 1.807) is 5.32 Å². The molecule has 1 aliphatic rings. The summed E-state index contributed by atoms with van der Waals surface area (Å²) < 4.78 is 79.8. The fraction of sp³-hybridized carbons (Fsp3) is 0.348. The van der Waals surface area contributed by atoms with E-state index in [9.17, 15) is 31.1 Å². The van der Waals surface area contributed by atoms with Gasteiger partial charge in [-0.2, -0.15) is 13.2 Å². The number of halogens is 6. The number of aromatic amines is 1. The Labute approximate surface area is 190 Å². The monoisotopic (exact) mass is 485 g/mol. The van der Waals surface area contributed by atoms with Gasteiger partial charge in [-0.15, -0.1) is 0 Å². The third-order valence-corrected chi connectivity index (χ3v) is 6.08. The number of fused-ring (bicyclic) bond motifs is 1. The largest absolute Gasteiger partial charge is 0.410 e. The predicted octanol–water partition coefficient (Wildman–Crippen LogP) is 4.97. The van der Waals surface area contributed by atoms with Crippen LogP contribution in [0.5, 0.6) is 0 Å². The highest BCUT2D eigenvalue weighted by Gasteiger charge is 2.40. The lowest BCUT2D eigenvalue weighted by molar-refractivity contribution is -0.160. The predicted molar refractivity (Wildman–Crippen MR) is 113 cm³/mol. The number of aliphatic hydroxyl groups is 1. The number of H-pyrrole nitrogens is 1. The number of rotatable bonds is 6. The first-order valence-electron chi connectivity index (χ1n) is 10.5. The van der Waals surface area contributed by atoms with E-state index < -0.39 is 42.3 Å². The Kier molecular flexibility index (Phi) is 6.48. The minimum absolute atomic E-state index is 0.0707. The van der Waals surface area contributed by atoms with Crippen LogP contribution in [0.4, 0.5) is 31.1 Å². The molecule has 0 unspecified atom stereocenters. The smallest absolute Gasteiger partial charge is 0.394 e. The number of benzene rings is 2. The molecule has 182 valence electrons. The van der Waals surface area contributed by atoms with Crippen molar-refractivity contribution in [3.63, 3.8) is 0 Å². The quantitative estimate of drug-likeness (QED) is 0.372. The maximum atomic E-state index is 14.4. The van der Waals surface area contributed by atoms with Gasteiger partial charge in [-0.05, 0) is 66.1 Å². The average molecular weight is 485 g/mol. The van der Waals surface area contributed by atoms with E-state index >= 15 is 0 Å². The van der Waals surface area contributed by atoms with Crippen LogP contribution in [0.25, 0.3) is 22.2 Å². The van der Waals surface area contributed by atoms with E-state index in [-0.39, 0.29) is 23.9 Å². The molecule has 4 rings (SSSR count). The van der Waals surface area contributed by atoms with Crippen molar-refractivity contribution in [2.75, 3.05) is 13.2 Å². The lowest BCUT2D eigenvalue weighted by Crippen LogP contribution is -2.52. The van der Waals surface area contributed by atoms with Crippen LogP contribution in [-0.2, 0) is 0 Å². The van der Waals surface area contributed by atoms with Gasteiger partial charge in [-0.1, -0.05) is 0 Å². The van der Waals surface area contributed by atoms with Gasteiger partial charge in [-0.3, -0.25) is 0 Å². The first-order chi connectivity index (χ1) is 16.1. The first-order valence-corrected chi connectivity index (χ1v) is 10.5. The number of nitrogens with one attached hydrogen (secondary N) is 3. The lowest BCUT2D eigenvalue weighted by Gasteiger charge is -2.36. The van der Waals surface area contributed by atoms with Crippen LogP contribution in [0, 0.1) is 23.4 Å². The number of carbonyl (C=O) groups is 1. The SMILES string of the molecule is O=C(NCC1CC(c2c(-c3ccc(F)cc3)[nH]c3c(F)cc(F)cc23)C1)N[C@@H](CO)C(F)(F)F. The van der Waals surface area contributed by atoms with Gasteiger partial charge in [-0.25, -0.2) is 18.0 Å². The molecule has 1 saturated carbocycles. The van der Waals surface area contributed by atoms with Crippen molar-refractivity contribution in [3.05, 3.63) is 59.4 Å². The second kappa shape index (κ2) is 9.21. The summed E-state index contributed by atoms with van der Waals surface area (Å²) in [5.74, 6) is -2.15. The summed E-state index contributed by atoms with van der Waals surface area (Å²) in [5, 5.41) is 13.2. The van der Waals surface area contributed by atoms with Gasteiger partial charge < -0.3 is 20.7 Å². The standard InChI is InChI=1S/C23H21F6N3O2/c24-14-3-1-12(2-4-14)20-19(16-7-15(25)8-17(26)21(16)32-20)13-5-11(6-13)9-30-22(34)31-18(10-33)23(27,28)29/h1-4,7-8,11,13,18,32-33H,5-6,9-10H2,(H2,30,31,34)/t11?,13?,18-/m0/s1. The molecule has 3 aromatic rings. The third-order valence-electron chi connectivity index (χ3n) is 6.08. The van der Waals surface area contributed by atoms with Crippen molar-refractivity contribution in [1.29, 1.82) is 0 Å². The van der Waals surface area contributed by atoms with Crippen LogP contribution in [0.1, 0.15) is 24.3 Å².